The molecule has 0 amide bonds. The second kappa shape index (κ2) is 11.0. The molecule has 1 saturated carbocycles. The molecule has 1 fully saturated rings. The first-order valence-electron chi connectivity index (χ1n) is 11.4. The van der Waals surface area contributed by atoms with Crippen LogP contribution in [0.1, 0.15) is 100 Å². The molecular formula is C24H48O. The zero-order valence-electron chi connectivity index (χ0n) is 18.6. The van der Waals surface area contributed by atoms with Crippen LogP contribution in [-0.2, 0) is 0 Å². The van der Waals surface area contributed by atoms with Crippen molar-refractivity contribution in [2.75, 3.05) is 0 Å². The molecule has 150 valence electrons. The summed E-state index contributed by atoms with van der Waals surface area (Å²) < 4.78 is 0. The predicted molar refractivity (Wildman–Crippen MR) is 112 cm³/mol. The van der Waals surface area contributed by atoms with Crippen molar-refractivity contribution >= 4 is 0 Å². The second-order valence-corrected chi connectivity index (χ2v) is 9.96. The van der Waals surface area contributed by atoms with Gasteiger partial charge in [-0.15, -0.1) is 0 Å². The summed E-state index contributed by atoms with van der Waals surface area (Å²) in [7, 11) is 0. The summed E-state index contributed by atoms with van der Waals surface area (Å²) in [5, 5.41) is 11.6. The maximum Gasteiger partial charge on any atom is 0.0601 e. The van der Waals surface area contributed by atoms with Crippen LogP contribution in [-0.4, -0.2) is 11.2 Å². The molecule has 5 unspecified atom stereocenters. The summed E-state index contributed by atoms with van der Waals surface area (Å²) >= 11 is 0. The van der Waals surface area contributed by atoms with Crippen LogP contribution in [0.15, 0.2) is 0 Å². The van der Waals surface area contributed by atoms with E-state index in [4.69, 9.17) is 0 Å². The van der Waals surface area contributed by atoms with Crippen LogP contribution in [0.3, 0.4) is 0 Å². The lowest BCUT2D eigenvalue weighted by molar-refractivity contribution is -0.0603. The number of hydrogen-bond acceptors (Lipinski definition) is 1. The average molecular weight is 353 g/mol. The van der Waals surface area contributed by atoms with E-state index in [-0.39, 0.29) is 6.10 Å². The Kier molecular flexibility index (Phi) is 10.1. The molecule has 1 nitrogen and oxygen atoms in total. The highest BCUT2D eigenvalue weighted by Crippen LogP contribution is 2.49. The average Bonchev–Trinajstić information content (AvgIpc) is 2.55. The van der Waals surface area contributed by atoms with Crippen molar-refractivity contribution in [3.05, 3.63) is 0 Å². The van der Waals surface area contributed by atoms with E-state index in [0.717, 1.165) is 23.7 Å². The van der Waals surface area contributed by atoms with Crippen molar-refractivity contribution in [3.8, 4) is 0 Å². The largest absolute Gasteiger partial charge is 0.393 e. The summed E-state index contributed by atoms with van der Waals surface area (Å²) in [6, 6.07) is 0. The molecule has 0 heterocycles. The van der Waals surface area contributed by atoms with E-state index >= 15 is 0 Å². The molecule has 0 bridgehead atoms. The molecule has 1 aliphatic carbocycles. The fourth-order valence-corrected chi connectivity index (χ4v) is 5.96. The van der Waals surface area contributed by atoms with E-state index in [9.17, 15) is 5.11 Å². The number of hydrogen-bond donors (Lipinski definition) is 1. The summed E-state index contributed by atoms with van der Waals surface area (Å²) in [5.41, 5.74) is 0. The van der Waals surface area contributed by atoms with Gasteiger partial charge in [0.25, 0.3) is 0 Å². The summed E-state index contributed by atoms with van der Waals surface area (Å²) in [6.07, 6.45) is 8.77. The Labute approximate surface area is 159 Å². The van der Waals surface area contributed by atoms with E-state index in [1.54, 1.807) is 0 Å². The molecule has 0 spiro atoms. The topological polar surface area (TPSA) is 20.2 Å². The van der Waals surface area contributed by atoms with Gasteiger partial charge in [0.2, 0.25) is 0 Å². The predicted octanol–water partition coefficient (Wildman–Crippen LogP) is 7.18. The monoisotopic (exact) mass is 352 g/mol. The normalized spacial score (nSPS) is 28.6. The highest BCUT2D eigenvalue weighted by Gasteiger charge is 2.44. The van der Waals surface area contributed by atoms with E-state index in [1.165, 1.54) is 44.9 Å². The van der Waals surface area contributed by atoms with Gasteiger partial charge in [-0.2, -0.15) is 0 Å². The smallest absolute Gasteiger partial charge is 0.0601 e. The van der Waals surface area contributed by atoms with Gasteiger partial charge < -0.3 is 5.11 Å². The maximum atomic E-state index is 11.6. The van der Waals surface area contributed by atoms with Crippen LogP contribution in [0, 0.1) is 47.3 Å². The fourth-order valence-electron chi connectivity index (χ4n) is 5.96. The standard InChI is InChI=1S/C24H48O/c1-9-12-21(18(7)8)24(25)22(13-10-2)23-19(16(3)4)14-11-15-20(23)17(5)6/h16-25H,9-15H2,1-8H3. The number of aliphatic hydroxyl groups excluding tert-OH is 1. The molecule has 25 heavy (non-hydrogen) atoms. The van der Waals surface area contributed by atoms with Gasteiger partial charge in [-0.1, -0.05) is 74.7 Å². The third-order valence-corrected chi connectivity index (χ3v) is 7.25. The van der Waals surface area contributed by atoms with Gasteiger partial charge in [0.1, 0.15) is 0 Å². The van der Waals surface area contributed by atoms with Gasteiger partial charge in [0, 0.05) is 0 Å². The van der Waals surface area contributed by atoms with Crippen LogP contribution < -0.4 is 0 Å². The van der Waals surface area contributed by atoms with Crippen molar-refractivity contribution in [1.82, 2.24) is 0 Å². The number of aliphatic hydroxyl groups is 1. The first-order valence-corrected chi connectivity index (χ1v) is 11.4. The third-order valence-electron chi connectivity index (χ3n) is 7.25. The Bertz CT molecular complexity index is 330. The molecule has 1 rings (SSSR count). The van der Waals surface area contributed by atoms with Gasteiger partial charge in [0.15, 0.2) is 0 Å². The molecular weight excluding hydrogens is 304 g/mol. The van der Waals surface area contributed by atoms with E-state index in [0.29, 0.717) is 23.7 Å². The van der Waals surface area contributed by atoms with Crippen LogP contribution in [0.25, 0.3) is 0 Å². The molecule has 0 aromatic heterocycles. The molecule has 1 heteroatoms. The van der Waals surface area contributed by atoms with Crippen molar-refractivity contribution in [3.63, 3.8) is 0 Å². The zero-order chi connectivity index (χ0) is 19.1. The maximum absolute atomic E-state index is 11.6. The molecule has 0 aliphatic heterocycles. The van der Waals surface area contributed by atoms with Crippen molar-refractivity contribution in [1.29, 1.82) is 0 Å². The SMILES string of the molecule is CCCC(C(C)C)C(O)C(CCC)C1C(C(C)C)CCCC1C(C)C. The second-order valence-electron chi connectivity index (χ2n) is 9.96. The van der Waals surface area contributed by atoms with Gasteiger partial charge in [0.05, 0.1) is 6.10 Å². The van der Waals surface area contributed by atoms with Gasteiger partial charge in [-0.05, 0) is 73.0 Å². The minimum absolute atomic E-state index is 0.120. The van der Waals surface area contributed by atoms with E-state index in [1.807, 2.05) is 0 Å². The Morgan fingerprint density at radius 3 is 1.64 bits per heavy atom. The van der Waals surface area contributed by atoms with Crippen molar-refractivity contribution in [2.45, 2.75) is 106 Å². The van der Waals surface area contributed by atoms with E-state index in [2.05, 4.69) is 55.4 Å². The first-order chi connectivity index (χ1) is 11.8. The highest BCUT2D eigenvalue weighted by atomic mass is 16.3. The Hall–Kier alpha value is -0.0400. The molecule has 0 aromatic carbocycles. The first kappa shape index (κ1) is 23.0. The van der Waals surface area contributed by atoms with Crippen LogP contribution in [0.4, 0.5) is 0 Å². The van der Waals surface area contributed by atoms with Gasteiger partial charge in [-0.25, -0.2) is 0 Å². The van der Waals surface area contributed by atoms with Crippen LogP contribution in [0.2, 0.25) is 0 Å². The van der Waals surface area contributed by atoms with Gasteiger partial charge >= 0.3 is 0 Å². The lowest BCUT2D eigenvalue weighted by atomic mass is 9.57. The van der Waals surface area contributed by atoms with Gasteiger partial charge in [-0.3, -0.25) is 0 Å². The summed E-state index contributed by atoms with van der Waals surface area (Å²) in [6.45, 7) is 18.9. The lowest BCUT2D eigenvalue weighted by Crippen LogP contribution is -2.46. The molecule has 0 saturated heterocycles. The third kappa shape index (κ3) is 5.98. The molecule has 0 aromatic rings. The highest BCUT2D eigenvalue weighted by molar-refractivity contribution is 4.93. The van der Waals surface area contributed by atoms with Crippen molar-refractivity contribution < 1.29 is 5.11 Å². The van der Waals surface area contributed by atoms with Crippen molar-refractivity contribution in [2.24, 2.45) is 47.3 Å². The quantitative estimate of drug-likeness (QED) is 0.441. The Morgan fingerprint density at radius 2 is 1.28 bits per heavy atom. The zero-order valence-corrected chi connectivity index (χ0v) is 18.6. The fraction of sp³-hybridized carbons (Fsp3) is 1.00. The minimum Gasteiger partial charge on any atom is -0.393 e. The Balaban J connectivity index is 3.19. The summed E-state index contributed by atoms with van der Waals surface area (Å²) in [5.74, 6) is 5.30. The molecule has 1 aliphatic rings. The van der Waals surface area contributed by atoms with E-state index < -0.39 is 0 Å². The van der Waals surface area contributed by atoms with Crippen LogP contribution >= 0.6 is 0 Å². The molecule has 1 N–H and O–H groups in total. The number of rotatable bonds is 10. The molecule has 5 atom stereocenters. The van der Waals surface area contributed by atoms with Crippen LogP contribution in [0.5, 0.6) is 0 Å². The summed E-state index contributed by atoms with van der Waals surface area (Å²) in [4.78, 5) is 0. The minimum atomic E-state index is -0.120. The Morgan fingerprint density at radius 1 is 0.800 bits per heavy atom. The molecule has 0 radical (unpaired) electrons. The lowest BCUT2D eigenvalue weighted by Gasteiger charge is -2.49.